The summed E-state index contributed by atoms with van der Waals surface area (Å²) in [5.74, 6) is -0.107. The van der Waals surface area contributed by atoms with Gasteiger partial charge in [0.15, 0.2) is 0 Å². The lowest BCUT2D eigenvalue weighted by atomic mass is 10.0. The molecule has 2 heterocycles. The molecule has 88 valence electrons. The summed E-state index contributed by atoms with van der Waals surface area (Å²) in [6.07, 6.45) is 5.22. The molecule has 4 heteroatoms. The second kappa shape index (κ2) is 4.27. The van der Waals surface area contributed by atoms with E-state index >= 15 is 0 Å². The predicted octanol–water partition coefficient (Wildman–Crippen LogP) is 3.23. The molecule has 0 spiro atoms. The molecule has 0 saturated heterocycles. The van der Waals surface area contributed by atoms with Gasteiger partial charge in [0.25, 0.3) is 5.91 Å². The molecule has 1 aliphatic heterocycles. The molecular weight excluding hydrogens is 248 g/mol. The molecule has 0 bridgehead atoms. The summed E-state index contributed by atoms with van der Waals surface area (Å²) in [4.78, 5) is 15.9. The Morgan fingerprint density at radius 1 is 1.17 bits per heavy atom. The van der Waals surface area contributed by atoms with Crippen LogP contribution in [0.1, 0.15) is 11.1 Å². The minimum absolute atomic E-state index is 0.107. The molecular formula is C14H9ClN2O. The van der Waals surface area contributed by atoms with Gasteiger partial charge in [0, 0.05) is 34.2 Å². The molecule has 0 saturated carbocycles. The number of nitrogens with zero attached hydrogens (tertiary/aromatic N) is 1. The summed E-state index contributed by atoms with van der Waals surface area (Å²) in [6.45, 7) is 0. The third-order valence-corrected chi connectivity index (χ3v) is 3.02. The highest BCUT2D eigenvalue weighted by molar-refractivity contribution is 6.36. The van der Waals surface area contributed by atoms with Crippen molar-refractivity contribution in [2.45, 2.75) is 0 Å². The average molecular weight is 257 g/mol. The van der Waals surface area contributed by atoms with E-state index in [2.05, 4.69) is 10.3 Å². The Hall–Kier alpha value is -2.13. The maximum Gasteiger partial charge on any atom is 0.256 e. The van der Waals surface area contributed by atoms with Crippen LogP contribution in [0.3, 0.4) is 0 Å². The molecule has 18 heavy (non-hydrogen) atoms. The molecule has 1 aliphatic rings. The summed E-state index contributed by atoms with van der Waals surface area (Å²) in [6, 6.07) is 9.06. The van der Waals surface area contributed by atoms with Crippen LogP contribution in [0.4, 0.5) is 5.69 Å². The minimum Gasteiger partial charge on any atom is -0.321 e. The smallest absolute Gasteiger partial charge is 0.256 e. The molecule has 0 unspecified atom stereocenters. The van der Waals surface area contributed by atoms with E-state index in [0.29, 0.717) is 10.6 Å². The fraction of sp³-hybridized carbons (Fsp3) is 0. The first-order valence-corrected chi connectivity index (χ1v) is 5.85. The largest absolute Gasteiger partial charge is 0.321 e. The van der Waals surface area contributed by atoms with Gasteiger partial charge >= 0.3 is 0 Å². The van der Waals surface area contributed by atoms with Crippen molar-refractivity contribution in [3.63, 3.8) is 0 Å². The second-order valence-electron chi connectivity index (χ2n) is 3.98. The van der Waals surface area contributed by atoms with Crippen molar-refractivity contribution >= 4 is 34.8 Å². The van der Waals surface area contributed by atoms with Gasteiger partial charge in [-0.05, 0) is 42.0 Å². The first kappa shape index (κ1) is 11.0. The fourth-order valence-electron chi connectivity index (χ4n) is 1.93. The number of fused-ring (bicyclic) bond motifs is 1. The van der Waals surface area contributed by atoms with Crippen LogP contribution in [0.2, 0.25) is 5.02 Å². The van der Waals surface area contributed by atoms with Crippen LogP contribution in [0.25, 0.3) is 11.6 Å². The van der Waals surface area contributed by atoms with Crippen molar-refractivity contribution in [1.82, 2.24) is 4.98 Å². The molecule has 2 aromatic rings. The molecule has 3 nitrogen and oxygen atoms in total. The third kappa shape index (κ3) is 1.89. The van der Waals surface area contributed by atoms with Gasteiger partial charge in [0.05, 0.1) is 0 Å². The molecule has 3 rings (SSSR count). The molecule has 1 amide bonds. The number of nitrogens with one attached hydrogen (secondary N) is 1. The highest BCUT2D eigenvalue weighted by Gasteiger charge is 2.23. The van der Waals surface area contributed by atoms with Gasteiger partial charge in [-0.3, -0.25) is 9.78 Å². The molecule has 0 atom stereocenters. The standard InChI is InChI=1S/C14H9ClN2O/c15-10-1-2-13-11(8-10)12(14(18)17-13)7-9-3-5-16-6-4-9/h1-8H,(H,17,18)/b12-7+. The van der Waals surface area contributed by atoms with Crippen LogP contribution in [-0.2, 0) is 4.79 Å². The normalized spacial score (nSPS) is 15.6. The first-order chi connectivity index (χ1) is 8.74. The zero-order chi connectivity index (χ0) is 12.5. The summed E-state index contributed by atoms with van der Waals surface area (Å²) in [7, 11) is 0. The minimum atomic E-state index is -0.107. The van der Waals surface area contributed by atoms with Gasteiger partial charge in [-0.2, -0.15) is 0 Å². The number of amides is 1. The van der Waals surface area contributed by atoms with Gasteiger partial charge in [0.2, 0.25) is 0 Å². The quantitative estimate of drug-likeness (QED) is 0.796. The fourth-order valence-corrected chi connectivity index (χ4v) is 2.10. The van der Waals surface area contributed by atoms with Crippen LogP contribution in [-0.4, -0.2) is 10.9 Å². The lowest BCUT2D eigenvalue weighted by Gasteiger charge is -1.99. The zero-order valence-corrected chi connectivity index (χ0v) is 10.1. The Labute approximate surface area is 109 Å². The average Bonchev–Trinajstić information content (AvgIpc) is 2.67. The molecule has 1 aromatic carbocycles. The van der Waals surface area contributed by atoms with Crippen molar-refractivity contribution in [2.75, 3.05) is 5.32 Å². The van der Waals surface area contributed by atoms with Crippen molar-refractivity contribution in [3.05, 3.63) is 58.9 Å². The second-order valence-corrected chi connectivity index (χ2v) is 4.42. The number of hydrogen-bond acceptors (Lipinski definition) is 2. The number of pyridine rings is 1. The van der Waals surface area contributed by atoms with E-state index in [1.165, 1.54) is 0 Å². The van der Waals surface area contributed by atoms with E-state index in [4.69, 9.17) is 11.6 Å². The maximum atomic E-state index is 11.9. The Morgan fingerprint density at radius 3 is 2.72 bits per heavy atom. The maximum absolute atomic E-state index is 11.9. The lowest BCUT2D eigenvalue weighted by Crippen LogP contribution is -2.03. The third-order valence-electron chi connectivity index (χ3n) is 2.78. The van der Waals surface area contributed by atoms with Gasteiger partial charge in [-0.1, -0.05) is 11.6 Å². The van der Waals surface area contributed by atoms with Gasteiger partial charge in [0.1, 0.15) is 0 Å². The molecule has 0 fully saturated rings. The van der Waals surface area contributed by atoms with Gasteiger partial charge in [-0.25, -0.2) is 0 Å². The predicted molar refractivity (Wildman–Crippen MR) is 72.2 cm³/mol. The highest BCUT2D eigenvalue weighted by Crippen LogP contribution is 2.34. The first-order valence-electron chi connectivity index (χ1n) is 5.47. The summed E-state index contributed by atoms with van der Waals surface area (Å²) >= 11 is 5.96. The van der Waals surface area contributed by atoms with Gasteiger partial charge in [-0.15, -0.1) is 0 Å². The molecule has 1 aromatic heterocycles. The number of benzene rings is 1. The van der Waals surface area contributed by atoms with Crippen molar-refractivity contribution in [2.24, 2.45) is 0 Å². The van der Waals surface area contributed by atoms with Crippen LogP contribution in [0.5, 0.6) is 0 Å². The molecule has 0 radical (unpaired) electrons. The SMILES string of the molecule is O=C1Nc2ccc(Cl)cc2/C1=C\c1ccncc1. The Kier molecular flexibility index (Phi) is 2.61. The Balaban J connectivity index is 2.12. The molecule has 0 aliphatic carbocycles. The van der Waals surface area contributed by atoms with Crippen molar-refractivity contribution in [3.8, 4) is 0 Å². The number of rotatable bonds is 1. The lowest BCUT2D eigenvalue weighted by molar-refractivity contribution is -0.110. The van der Waals surface area contributed by atoms with Crippen LogP contribution in [0.15, 0.2) is 42.7 Å². The van der Waals surface area contributed by atoms with Crippen LogP contribution >= 0.6 is 11.6 Å². The number of carbonyl (C=O) groups excluding carboxylic acids is 1. The van der Waals surface area contributed by atoms with E-state index in [1.54, 1.807) is 24.5 Å². The number of hydrogen-bond donors (Lipinski definition) is 1. The Bertz CT molecular complexity index is 650. The van der Waals surface area contributed by atoms with E-state index in [9.17, 15) is 4.79 Å². The van der Waals surface area contributed by atoms with E-state index in [-0.39, 0.29) is 5.91 Å². The zero-order valence-electron chi connectivity index (χ0n) is 9.35. The number of carbonyl (C=O) groups is 1. The monoisotopic (exact) mass is 256 g/mol. The summed E-state index contributed by atoms with van der Waals surface area (Å²) in [5.41, 5.74) is 3.19. The number of halogens is 1. The Morgan fingerprint density at radius 2 is 1.94 bits per heavy atom. The topological polar surface area (TPSA) is 42.0 Å². The van der Waals surface area contributed by atoms with E-state index in [1.807, 2.05) is 24.3 Å². The van der Waals surface area contributed by atoms with E-state index in [0.717, 1.165) is 16.8 Å². The number of aromatic nitrogens is 1. The van der Waals surface area contributed by atoms with Crippen LogP contribution < -0.4 is 5.32 Å². The molecule has 1 N–H and O–H groups in total. The van der Waals surface area contributed by atoms with Crippen molar-refractivity contribution < 1.29 is 4.79 Å². The summed E-state index contributed by atoms with van der Waals surface area (Å²) < 4.78 is 0. The van der Waals surface area contributed by atoms with E-state index < -0.39 is 0 Å². The van der Waals surface area contributed by atoms with Gasteiger partial charge < -0.3 is 5.32 Å². The van der Waals surface area contributed by atoms with Crippen LogP contribution in [0, 0.1) is 0 Å². The number of anilines is 1. The highest BCUT2D eigenvalue weighted by atomic mass is 35.5. The van der Waals surface area contributed by atoms with Crippen molar-refractivity contribution in [1.29, 1.82) is 0 Å². The summed E-state index contributed by atoms with van der Waals surface area (Å²) in [5, 5.41) is 3.43.